The maximum Gasteiger partial charge on any atom is 0.163 e. The van der Waals surface area contributed by atoms with E-state index < -0.39 is 0 Å². The maximum absolute atomic E-state index is 6.08. The number of likely N-dealkylation sites (tertiary alicyclic amines) is 1. The third-order valence-corrected chi connectivity index (χ3v) is 5.86. The molecule has 0 bridgehead atoms. The molecule has 3 aromatic rings. The Kier molecular flexibility index (Phi) is 5.65. The third kappa shape index (κ3) is 3.78. The molecule has 0 atom stereocenters. The number of hydrogen-bond acceptors (Lipinski definition) is 4. The van der Waals surface area contributed by atoms with Gasteiger partial charge in [0.25, 0.3) is 0 Å². The van der Waals surface area contributed by atoms with E-state index in [1.807, 2.05) is 6.20 Å². The standard InChI is InChI=1S/C22H27N3O2.ClH/c1-26-21-11-16-17-14-23-18(15-5-6-15)12-19(17)24-20(16)13-22(21)27-10-4-9-25-7-2-3-8-25;/h11-15,24H,2-10H2,1H3;1H. The minimum Gasteiger partial charge on any atom is -0.493 e. The number of fused-ring (bicyclic) bond motifs is 3. The lowest BCUT2D eigenvalue weighted by atomic mass is 10.1. The van der Waals surface area contributed by atoms with Gasteiger partial charge in [-0.15, -0.1) is 12.4 Å². The molecule has 5 rings (SSSR count). The number of methoxy groups -OCH3 is 1. The van der Waals surface area contributed by atoms with Gasteiger partial charge in [-0.05, 0) is 57.3 Å². The van der Waals surface area contributed by atoms with Crippen LogP contribution in [0.2, 0.25) is 0 Å². The second-order valence-corrected chi connectivity index (χ2v) is 7.85. The Balaban J connectivity index is 0.00000192. The van der Waals surface area contributed by atoms with Crippen molar-refractivity contribution in [1.82, 2.24) is 14.9 Å². The Hall–Kier alpha value is -1.98. The van der Waals surface area contributed by atoms with Crippen molar-refractivity contribution in [3.8, 4) is 11.5 Å². The van der Waals surface area contributed by atoms with Gasteiger partial charge in [0, 0.05) is 46.7 Å². The normalized spacial score (nSPS) is 17.2. The summed E-state index contributed by atoms with van der Waals surface area (Å²) in [6, 6.07) is 6.35. The second-order valence-electron chi connectivity index (χ2n) is 7.85. The molecule has 150 valence electrons. The average molecular weight is 402 g/mol. The molecule has 3 heterocycles. The lowest BCUT2D eigenvalue weighted by molar-refractivity contribution is 0.254. The van der Waals surface area contributed by atoms with Crippen LogP contribution in [0.5, 0.6) is 11.5 Å². The molecule has 1 saturated carbocycles. The SMILES string of the molecule is COc1cc2c(cc1OCCCN1CCCC1)[nH]c1cc(C3CC3)ncc12.Cl. The molecule has 0 spiro atoms. The highest BCUT2D eigenvalue weighted by Gasteiger charge is 2.25. The summed E-state index contributed by atoms with van der Waals surface area (Å²) >= 11 is 0. The number of halogens is 1. The Morgan fingerprint density at radius 3 is 2.61 bits per heavy atom. The van der Waals surface area contributed by atoms with Crippen molar-refractivity contribution in [3.63, 3.8) is 0 Å². The van der Waals surface area contributed by atoms with Gasteiger partial charge < -0.3 is 19.4 Å². The predicted molar refractivity (Wildman–Crippen MR) is 115 cm³/mol. The van der Waals surface area contributed by atoms with Crippen LogP contribution in [0, 0.1) is 0 Å². The zero-order valence-corrected chi connectivity index (χ0v) is 17.2. The predicted octanol–water partition coefficient (Wildman–Crippen LogP) is 4.89. The van der Waals surface area contributed by atoms with Crippen molar-refractivity contribution in [2.24, 2.45) is 0 Å². The summed E-state index contributed by atoms with van der Waals surface area (Å²) in [5.74, 6) is 2.26. The zero-order chi connectivity index (χ0) is 18.2. The van der Waals surface area contributed by atoms with Crippen LogP contribution in [-0.4, -0.2) is 48.2 Å². The molecule has 5 nitrogen and oxygen atoms in total. The number of rotatable bonds is 7. The molecular weight excluding hydrogens is 374 g/mol. The Morgan fingerprint density at radius 2 is 1.86 bits per heavy atom. The van der Waals surface area contributed by atoms with Gasteiger partial charge in [0.05, 0.1) is 19.2 Å². The molecule has 2 aliphatic rings. The summed E-state index contributed by atoms with van der Waals surface area (Å²) in [5.41, 5.74) is 3.43. The van der Waals surface area contributed by atoms with Crippen molar-refractivity contribution >= 4 is 34.2 Å². The van der Waals surface area contributed by atoms with Crippen LogP contribution >= 0.6 is 12.4 Å². The number of hydrogen-bond donors (Lipinski definition) is 1. The van der Waals surface area contributed by atoms with Crippen LogP contribution in [0.15, 0.2) is 24.4 Å². The molecule has 2 aromatic heterocycles. The first kappa shape index (κ1) is 19.3. The van der Waals surface area contributed by atoms with Crippen LogP contribution in [0.1, 0.15) is 43.7 Å². The average Bonchev–Trinajstić information content (AvgIpc) is 3.30. The summed E-state index contributed by atoms with van der Waals surface area (Å²) in [6.45, 7) is 4.31. The number of nitrogens with one attached hydrogen (secondary N) is 1. The van der Waals surface area contributed by atoms with Gasteiger partial charge in [-0.2, -0.15) is 0 Å². The van der Waals surface area contributed by atoms with Gasteiger partial charge in [-0.3, -0.25) is 4.98 Å². The third-order valence-electron chi connectivity index (χ3n) is 5.86. The highest BCUT2D eigenvalue weighted by atomic mass is 35.5. The monoisotopic (exact) mass is 401 g/mol. The highest BCUT2D eigenvalue weighted by Crippen LogP contribution is 2.41. The van der Waals surface area contributed by atoms with E-state index in [4.69, 9.17) is 9.47 Å². The Morgan fingerprint density at radius 1 is 1.07 bits per heavy atom. The van der Waals surface area contributed by atoms with E-state index in [2.05, 4.69) is 33.1 Å². The largest absolute Gasteiger partial charge is 0.493 e. The van der Waals surface area contributed by atoms with Gasteiger partial charge in [0.1, 0.15) is 0 Å². The fourth-order valence-electron chi connectivity index (χ4n) is 4.17. The lowest BCUT2D eigenvalue weighted by Gasteiger charge is -2.15. The summed E-state index contributed by atoms with van der Waals surface area (Å²) in [5, 5.41) is 2.29. The van der Waals surface area contributed by atoms with Crippen LogP contribution in [0.4, 0.5) is 0 Å². The topological polar surface area (TPSA) is 50.4 Å². The highest BCUT2D eigenvalue weighted by molar-refractivity contribution is 6.08. The first-order chi connectivity index (χ1) is 13.3. The molecule has 1 aliphatic heterocycles. The van der Waals surface area contributed by atoms with E-state index in [1.165, 1.54) is 44.5 Å². The number of pyridine rings is 1. The van der Waals surface area contributed by atoms with Crippen molar-refractivity contribution < 1.29 is 9.47 Å². The van der Waals surface area contributed by atoms with E-state index in [0.29, 0.717) is 12.5 Å². The molecule has 1 aromatic carbocycles. The van der Waals surface area contributed by atoms with E-state index in [1.54, 1.807) is 7.11 Å². The summed E-state index contributed by atoms with van der Waals surface area (Å²) < 4.78 is 11.7. The maximum atomic E-state index is 6.08. The molecular formula is C22H28ClN3O2. The minimum atomic E-state index is 0. The van der Waals surface area contributed by atoms with Crippen molar-refractivity contribution in [2.75, 3.05) is 33.4 Å². The fourth-order valence-corrected chi connectivity index (χ4v) is 4.17. The van der Waals surface area contributed by atoms with Crippen molar-refractivity contribution in [1.29, 1.82) is 0 Å². The number of benzene rings is 1. The number of H-pyrrole nitrogens is 1. The molecule has 0 radical (unpaired) electrons. The van der Waals surface area contributed by atoms with Crippen LogP contribution < -0.4 is 9.47 Å². The number of aromatic nitrogens is 2. The van der Waals surface area contributed by atoms with E-state index >= 15 is 0 Å². The summed E-state index contributed by atoms with van der Waals surface area (Å²) in [7, 11) is 1.70. The molecule has 28 heavy (non-hydrogen) atoms. The molecule has 1 saturated heterocycles. The van der Waals surface area contributed by atoms with Crippen LogP contribution in [0.25, 0.3) is 21.8 Å². The molecule has 2 fully saturated rings. The van der Waals surface area contributed by atoms with Crippen LogP contribution in [0.3, 0.4) is 0 Å². The van der Waals surface area contributed by atoms with Crippen molar-refractivity contribution in [3.05, 3.63) is 30.1 Å². The molecule has 1 aliphatic carbocycles. The summed E-state index contributed by atoms with van der Waals surface area (Å²) in [4.78, 5) is 10.7. The van der Waals surface area contributed by atoms with Crippen LogP contribution in [-0.2, 0) is 0 Å². The Bertz CT molecular complexity index is 961. The zero-order valence-electron chi connectivity index (χ0n) is 16.4. The van der Waals surface area contributed by atoms with Gasteiger partial charge in [0.2, 0.25) is 0 Å². The van der Waals surface area contributed by atoms with Gasteiger partial charge >= 0.3 is 0 Å². The van der Waals surface area contributed by atoms with E-state index in [0.717, 1.165) is 46.3 Å². The second kappa shape index (κ2) is 8.18. The van der Waals surface area contributed by atoms with Crippen molar-refractivity contribution in [2.45, 2.75) is 38.0 Å². The van der Waals surface area contributed by atoms with E-state index in [9.17, 15) is 0 Å². The summed E-state index contributed by atoms with van der Waals surface area (Å²) in [6.07, 6.45) is 8.25. The Labute approximate surface area is 171 Å². The molecule has 1 N–H and O–H groups in total. The number of nitrogens with zero attached hydrogens (tertiary/aromatic N) is 2. The first-order valence-electron chi connectivity index (χ1n) is 10.2. The smallest absolute Gasteiger partial charge is 0.163 e. The number of aromatic amines is 1. The minimum absolute atomic E-state index is 0. The molecule has 0 amide bonds. The van der Waals surface area contributed by atoms with Gasteiger partial charge in [-0.25, -0.2) is 0 Å². The molecule has 6 heteroatoms. The lowest BCUT2D eigenvalue weighted by Crippen LogP contribution is -2.21. The molecule has 0 unspecified atom stereocenters. The van der Waals surface area contributed by atoms with Gasteiger partial charge in [-0.1, -0.05) is 0 Å². The quantitative estimate of drug-likeness (QED) is 0.573. The fraction of sp³-hybridized carbons (Fsp3) is 0.500. The van der Waals surface area contributed by atoms with E-state index in [-0.39, 0.29) is 12.4 Å². The number of ether oxygens (including phenoxy) is 2. The van der Waals surface area contributed by atoms with Gasteiger partial charge in [0.15, 0.2) is 11.5 Å². The first-order valence-corrected chi connectivity index (χ1v) is 10.2.